The Bertz CT molecular complexity index is 326. The van der Waals surface area contributed by atoms with E-state index in [1.54, 1.807) is 0 Å². The first-order valence-corrected chi connectivity index (χ1v) is 6.54. The van der Waals surface area contributed by atoms with Gasteiger partial charge in [0.25, 0.3) is 0 Å². The van der Waals surface area contributed by atoms with E-state index in [0.29, 0.717) is 16.1 Å². The summed E-state index contributed by atoms with van der Waals surface area (Å²) >= 11 is 12.2. The number of hydrogen-bond acceptors (Lipinski definition) is 1. The van der Waals surface area contributed by atoms with Crippen molar-refractivity contribution in [1.29, 1.82) is 0 Å². The second-order valence-electron chi connectivity index (χ2n) is 4.04. The van der Waals surface area contributed by atoms with Crippen LogP contribution in [-0.2, 0) is 6.42 Å². The molecule has 1 atom stereocenters. The van der Waals surface area contributed by atoms with E-state index in [1.165, 1.54) is 19.3 Å². The number of likely N-dealkylation sites (N-methyl/N-ethyl adjacent to an activating group) is 1. The summed E-state index contributed by atoms with van der Waals surface area (Å²) in [5.74, 6) is 0. The Morgan fingerprint density at radius 1 is 1.31 bits per heavy atom. The van der Waals surface area contributed by atoms with Crippen LogP contribution in [0.2, 0.25) is 10.0 Å². The van der Waals surface area contributed by atoms with E-state index >= 15 is 0 Å². The second-order valence-corrected chi connectivity index (χ2v) is 4.83. The van der Waals surface area contributed by atoms with Crippen LogP contribution >= 0.6 is 23.2 Å². The fourth-order valence-electron chi connectivity index (χ4n) is 1.77. The Kier molecular flexibility index (Phi) is 6.18. The number of halogens is 2. The van der Waals surface area contributed by atoms with Crippen molar-refractivity contribution in [2.24, 2.45) is 0 Å². The van der Waals surface area contributed by atoms with Crippen LogP contribution in [0.5, 0.6) is 0 Å². The maximum absolute atomic E-state index is 6.17. The zero-order valence-corrected chi connectivity index (χ0v) is 11.4. The van der Waals surface area contributed by atoms with E-state index in [4.69, 9.17) is 23.2 Å². The summed E-state index contributed by atoms with van der Waals surface area (Å²) < 4.78 is 0. The fourth-order valence-corrected chi connectivity index (χ4v) is 2.17. The van der Waals surface area contributed by atoms with Crippen LogP contribution in [0.1, 0.15) is 31.7 Å². The molecule has 1 unspecified atom stereocenters. The van der Waals surface area contributed by atoms with Crippen LogP contribution in [0.15, 0.2) is 18.2 Å². The van der Waals surface area contributed by atoms with Gasteiger partial charge in [-0.15, -0.1) is 0 Å². The van der Waals surface area contributed by atoms with Gasteiger partial charge in [-0.1, -0.05) is 55.1 Å². The molecule has 0 amide bonds. The van der Waals surface area contributed by atoms with Crippen LogP contribution in [0.25, 0.3) is 0 Å². The van der Waals surface area contributed by atoms with Crippen molar-refractivity contribution in [3.8, 4) is 0 Å². The van der Waals surface area contributed by atoms with Gasteiger partial charge in [0.2, 0.25) is 0 Å². The highest BCUT2D eigenvalue weighted by atomic mass is 35.5. The third-order valence-electron chi connectivity index (χ3n) is 2.81. The molecular formula is C13H19Cl2N. The quantitative estimate of drug-likeness (QED) is 0.803. The third-order valence-corrected chi connectivity index (χ3v) is 3.67. The molecule has 0 spiro atoms. The molecular weight excluding hydrogens is 241 g/mol. The van der Waals surface area contributed by atoms with E-state index in [2.05, 4.69) is 12.2 Å². The predicted octanol–water partition coefficient (Wildman–Crippen LogP) is 4.31. The van der Waals surface area contributed by atoms with Gasteiger partial charge < -0.3 is 5.32 Å². The van der Waals surface area contributed by atoms with Crippen molar-refractivity contribution in [2.45, 2.75) is 38.6 Å². The zero-order chi connectivity index (χ0) is 12.0. The van der Waals surface area contributed by atoms with Crippen molar-refractivity contribution in [3.63, 3.8) is 0 Å². The summed E-state index contributed by atoms with van der Waals surface area (Å²) in [4.78, 5) is 0. The molecule has 0 saturated heterocycles. The average molecular weight is 260 g/mol. The number of benzene rings is 1. The summed E-state index contributed by atoms with van der Waals surface area (Å²) in [5.41, 5.74) is 1.13. The van der Waals surface area contributed by atoms with E-state index in [1.807, 2.05) is 25.2 Å². The van der Waals surface area contributed by atoms with Crippen LogP contribution < -0.4 is 5.32 Å². The Morgan fingerprint density at radius 2 is 2.06 bits per heavy atom. The summed E-state index contributed by atoms with van der Waals surface area (Å²) in [7, 11) is 2.00. The standard InChI is InChI=1S/C13H19Cl2N/c1-3-4-7-11(16-2)9-10-6-5-8-12(14)13(10)15/h5-6,8,11,16H,3-4,7,9H2,1-2H3. The van der Waals surface area contributed by atoms with Gasteiger partial charge in [-0.3, -0.25) is 0 Å². The predicted molar refractivity (Wildman–Crippen MR) is 72.5 cm³/mol. The molecule has 0 aromatic heterocycles. The maximum atomic E-state index is 6.17. The summed E-state index contributed by atoms with van der Waals surface area (Å²) in [6.45, 7) is 2.21. The Hall–Kier alpha value is -0.240. The number of nitrogens with one attached hydrogen (secondary N) is 1. The van der Waals surface area contributed by atoms with Gasteiger partial charge in [0, 0.05) is 6.04 Å². The molecule has 0 aliphatic rings. The molecule has 3 heteroatoms. The van der Waals surface area contributed by atoms with Gasteiger partial charge in [0.15, 0.2) is 0 Å². The Morgan fingerprint density at radius 3 is 2.69 bits per heavy atom. The topological polar surface area (TPSA) is 12.0 Å². The molecule has 0 bridgehead atoms. The van der Waals surface area contributed by atoms with Crippen LogP contribution in [0, 0.1) is 0 Å². The smallest absolute Gasteiger partial charge is 0.0624 e. The van der Waals surface area contributed by atoms with Gasteiger partial charge in [-0.2, -0.15) is 0 Å². The lowest BCUT2D eigenvalue weighted by Crippen LogP contribution is -2.27. The Balaban J connectivity index is 2.66. The third kappa shape index (κ3) is 3.97. The first-order chi connectivity index (χ1) is 7.69. The largest absolute Gasteiger partial charge is 0.317 e. The zero-order valence-electron chi connectivity index (χ0n) is 9.89. The van der Waals surface area contributed by atoms with Gasteiger partial charge in [0.1, 0.15) is 0 Å². The van der Waals surface area contributed by atoms with Gasteiger partial charge in [0.05, 0.1) is 10.0 Å². The molecule has 1 aromatic rings. The van der Waals surface area contributed by atoms with Crippen LogP contribution in [0.3, 0.4) is 0 Å². The molecule has 90 valence electrons. The van der Waals surface area contributed by atoms with Crippen molar-refractivity contribution in [1.82, 2.24) is 5.32 Å². The van der Waals surface area contributed by atoms with Crippen LogP contribution in [0.4, 0.5) is 0 Å². The number of hydrogen-bond donors (Lipinski definition) is 1. The SMILES string of the molecule is CCCCC(Cc1cccc(Cl)c1Cl)NC. The normalized spacial score (nSPS) is 12.8. The fraction of sp³-hybridized carbons (Fsp3) is 0.538. The molecule has 0 aliphatic carbocycles. The van der Waals surface area contributed by atoms with Crippen molar-refractivity contribution >= 4 is 23.2 Å². The Labute approximate surface area is 108 Å². The first kappa shape index (κ1) is 13.8. The lowest BCUT2D eigenvalue weighted by atomic mass is 10.0. The van der Waals surface area contributed by atoms with Gasteiger partial charge in [-0.05, 0) is 31.5 Å². The highest BCUT2D eigenvalue weighted by Gasteiger charge is 2.10. The molecule has 0 radical (unpaired) electrons. The molecule has 1 rings (SSSR count). The molecule has 1 nitrogen and oxygen atoms in total. The lowest BCUT2D eigenvalue weighted by molar-refractivity contribution is 0.498. The summed E-state index contributed by atoms with van der Waals surface area (Å²) in [5, 5.41) is 4.67. The van der Waals surface area contributed by atoms with Crippen LogP contribution in [-0.4, -0.2) is 13.1 Å². The van der Waals surface area contributed by atoms with Gasteiger partial charge >= 0.3 is 0 Å². The lowest BCUT2D eigenvalue weighted by Gasteiger charge is -2.16. The highest BCUT2D eigenvalue weighted by molar-refractivity contribution is 6.42. The average Bonchev–Trinajstić information content (AvgIpc) is 2.30. The second kappa shape index (κ2) is 7.16. The van der Waals surface area contributed by atoms with E-state index in [-0.39, 0.29) is 0 Å². The van der Waals surface area contributed by atoms with E-state index in [9.17, 15) is 0 Å². The minimum Gasteiger partial charge on any atom is -0.317 e. The molecule has 0 fully saturated rings. The van der Waals surface area contributed by atoms with Gasteiger partial charge in [-0.25, -0.2) is 0 Å². The first-order valence-electron chi connectivity index (χ1n) is 5.79. The summed E-state index contributed by atoms with van der Waals surface area (Å²) in [6.07, 6.45) is 4.58. The number of unbranched alkanes of at least 4 members (excludes halogenated alkanes) is 1. The highest BCUT2D eigenvalue weighted by Crippen LogP contribution is 2.26. The molecule has 16 heavy (non-hydrogen) atoms. The minimum absolute atomic E-state index is 0.482. The van der Waals surface area contributed by atoms with E-state index < -0.39 is 0 Å². The molecule has 0 saturated carbocycles. The molecule has 1 aromatic carbocycles. The summed E-state index contributed by atoms with van der Waals surface area (Å²) in [6, 6.07) is 6.31. The van der Waals surface area contributed by atoms with E-state index in [0.717, 1.165) is 12.0 Å². The monoisotopic (exact) mass is 259 g/mol. The molecule has 0 aliphatic heterocycles. The maximum Gasteiger partial charge on any atom is 0.0624 e. The number of rotatable bonds is 6. The minimum atomic E-state index is 0.482. The van der Waals surface area contributed by atoms with Crippen molar-refractivity contribution in [2.75, 3.05) is 7.05 Å². The van der Waals surface area contributed by atoms with Crippen molar-refractivity contribution < 1.29 is 0 Å². The molecule has 0 heterocycles. The molecule has 1 N–H and O–H groups in total. The van der Waals surface area contributed by atoms with Crippen molar-refractivity contribution in [3.05, 3.63) is 33.8 Å².